The van der Waals surface area contributed by atoms with Gasteiger partial charge in [0.05, 0.1) is 31.4 Å². The summed E-state index contributed by atoms with van der Waals surface area (Å²) < 4.78 is 58.2. The summed E-state index contributed by atoms with van der Waals surface area (Å²) in [4.78, 5) is 12.7. The van der Waals surface area contributed by atoms with E-state index in [9.17, 15) is 17.6 Å². The molecule has 0 atom stereocenters. The minimum Gasteiger partial charge on any atom is -0.494 e. The standard InChI is InChI=1S/C24H25FN2O6S/c1-4-33-18-9-7-8-17(14-18)26-24(28)16-27(21-11-6-5-10-20(21)25)34(29,30)19-12-13-22(31-2)23(15-19)32-3/h5-15H,4,16H2,1-3H3,(H,26,28). The second-order valence-corrected chi connectivity index (χ2v) is 8.85. The molecule has 3 aromatic rings. The molecule has 0 unspecified atom stereocenters. The van der Waals surface area contributed by atoms with E-state index in [1.165, 1.54) is 50.6 Å². The summed E-state index contributed by atoms with van der Waals surface area (Å²) in [5, 5.41) is 2.63. The van der Waals surface area contributed by atoms with Crippen LogP contribution in [0.4, 0.5) is 15.8 Å². The Hall–Kier alpha value is -3.79. The van der Waals surface area contributed by atoms with Crippen molar-refractivity contribution < 1.29 is 31.8 Å². The lowest BCUT2D eigenvalue weighted by Crippen LogP contribution is -2.38. The van der Waals surface area contributed by atoms with Crippen molar-refractivity contribution >= 4 is 27.3 Å². The molecule has 0 aliphatic carbocycles. The van der Waals surface area contributed by atoms with Crippen LogP contribution in [0.5, 0.6) is 17.2 Å². The molecule has 10 heteroatoms. The smallest absolute Gasteiger partial charge is 0.265 e. The number of ether oxygens (including phenoxy) is 3. The number of anilines is 2. The summed E-state index contributed by atoms with van der Waals surface area (Å²) >= 11 is 0. The molecule has 0 aromatic heterocycles. The zero-order valence-corrected chi connectivity index (χ0v) is 19.8. The van der Waals surface area contributed by atoms with Gasteiger partial charge in [-0.05, 0) is 43.3 Å². The molecule has 1 amide bonds. The maximum absolute atomic E-state index is 14.7. The lowest BCUT2D eigenvalue weighted by Gasteiger charge is -2.25. The summed E-state index contributed by atoms with van der Waals surface area (Å²) in [6.45, 7) is 1.61. The van der Waals surface area contributed by atoms with E-state index in [-0.39, 0.29) is 16.3 Å². The van der Waals surface area contributed by atoms with Crippen LogP contribution >= 0.6 is 0 Å². The molecule has 180 valence electrons. The molecule has 3 aromatic carbocycles. The number of nitrogens with zero attached hydrogens (tertiary/aromatic N) is 1. The highest BCUT2D eigenvalue weighted by Crippen LogP contribution is 2.33. The lowest BCUT2D eigenvalue weighted by molar-refractivity contribution is -0.114. The molecule has 0 aliphatic rings. The number of carbonyl (C=O) groups excluding carboxylic acids is 1. The quantitative estimate of drug-likeness (QED) is 0.462. The largest absolute Gasteiger partial charge is 0.494 e. The Kier molecular flexibility index (Phi) is 7.95. The monoisotopic (exact) mass is 488 g/mol. The van der Waals surface area contributed by atoms with E-state index in [0.29, 0.717) is 28.1 Å². The van der Waals surface area contributed by atoms with Gasteiger partial charge in [0, 0.05) is 17.8 Å². The van der Waals surface area contributed by atoms with Crippen LogP contribution < -0.4 is 23.8 Å². The number of para-hydroxylation sites is 1. The van der Waals surface area contributed by atoms with Crippen LogP contribution in [0.3, 0.4) is 0 Å². The third-order valence-corrected chi connectivity index (χ3v) is 6.54. The first-order valence-electron chi connectivity index (χ1n) is 10.3. The second-order valence-electron chi connectivity index (χ2n) is 6.99. The van der Waals surface area contributed by atoms with E-state index in [1.807, 2.05) is 6.92 Å². The molecule has 34 heavy (non-hydrogen) atoms. The number of hydrogen-bond acceptors (Lipinski definition) is 6. The molecule has 0 heterocycles. The van der Waals surface area contributed by atoms with Gasteiger partial charge in [0.1, 0.15) is 18.1 Å². The number of benzene rings is 3. The maximum Gasteiger partial charge on any atom is 0.265 e. The highest BCUT2D eigenvalue weighted by molar-refractivity contribution is 7.92. The predicted molar refractivity (Wildman–Crippen MR) is 127 cm³/mol. The van der Waals surface area contributed by atoms with E-state index in [4.69, 9.17) is 14.2 Å². The van der Waals surface area contributed by atoms with Crippen LogP contribution in [0.15, 0.2) is 71.6 Å². The Morgan fingerprint density at radius 3 is 2.38 bits per heavy atom. The number of rotatable bonds is 10. The number of sulfonamides is 1. The Morgan fingerprint density at radius 1 is 0.971 bits per heavy atom. The SMILES string of the molecule is CCOc1cccc(NC(=O)CN(c2ccccc2F)S(=O)(=O)c2ccc(OC)c(OC)c2)c1. The average Bonchev–Trinajstić information content (AvgIpc) is 2.83. The van der Waals surface area contributed by atoms with Crippen molar-refractivity contribution in [3.63, 3.8) is 0 Å². The fourth-order valence-electron chi connectivity index (χ4n) is 3.22. The number of amides is 1. The van der Waals surface area contributed by atoms with Crippen molar-refractivity contribution in [2.45, 2.75) is 11.8 Å². The topological polar surface area (TPSA) is 94.2 Å². The minimum absolute atomic E-state index is 0.175. The van der Waals surface area contributed by atoms with Gasteiger partial charge in [-0.15, -0.1) is 0 Å². The van der Waals surface area contributed by atoms with E-state index < -0.39 is 28.3 Å². The van der Waals surface area contributed by atoms with Crippen molar-refractivity contribution in [2.75, 3.05) is 37.0 Å². The fourth-order valence-corrected chi connectivity index (χ4v) is 4.66. The summed E-state index contributed by atoms with van der Waals surface area (Å²) in [5.74, 6) is -0.414. The van der Waals surface area contributed by atoms with Gasteiger partial charge in [-0.2, -0.15) is 0 Å². The second kappa shape index (κ2) is 10.9. The zero-order chi connectivity index (χ0) is 24.7. The molecule has 0 radical (unpaired) electrons. The Morgan fingerprint density at radius 2 is 1.71 bits per heavy atom. The minimum atomic E-state index is -4.37. The molecular weight excluding hydrogens is 463 g/mol. The van der Waals surface area contributed by atoms with Gasteiger partial charge >= 0.3 is 0 Å². The van der Waals surface area contributed by atoms with Crippen LogP contribution in [0.2, 0.25) is 0 Å². The highest BCUT2D eigenvalue weighted by atomic mass is 32.2. The van der Waals surface area contributed by atoms with Crippen LogP contribution in [0.1, 0.15) is 6.92 Å². The Labute approximate surface area is 197 Å². The van der Waals surface area contributed by atoms with Gasteiger partial charge in [-0.1, -0.05) is 18.2 Å². The van der Waals surface area contributed by atoms with Crippen LogP contribution in [-0.4, -0.2) is 41.7 Å². The first kappa shape index (κ1) is 24.8. The molecule has 0 spiro atoms. The number of nitrogens with one attached hydrogen (secondary N) is 1. The van der Waals surface area contributed by atoms with Crippen molar-refractivity contribution in [3.8, 4) is 17.2 Å². The van der Waals surface area contributed by atoms with Gasteiger partial charge in [0.15, 0.2) is 11.5 Å². The molecule has 1 N–H and O–H groups in total. The first-order chi connectivity index (χ1) is 16.3. The molecule has 3 rings (SSSR count). The summed E-state index contributed by atoms with van der Waals surface area (Å²) in [6.07, 6.45) is 0. The Balaban J connectivity index is 1.97. The van der Waals surface area contributed by atoms with Crippen molar-refractivity contribution in [1.82, 2.24) is 0 Å². The summed E-state index contributed by atoms with van der Waals surface area (Å²) in [7, 11) is -1.58. The van der Waals surface area contributed by atoms with Crippen LogP contribution in [-0.2, 0) is 14.8 Å². The van der Waals surface area contributed by atoms with Crippen LogP contribution in [0.25, 0.3) is 0 Å². The summed E-state index contributed by atoms with van der Waals surface area (Å²) in [6, 6.07) is 16.0. The van der Waals surface area contributed by atoms with E-state index >= 15 is 0 Å². The van der Waals surface area contributed by atoms with Crippen molar-refractivity contribution in [1.29, 1.82) is 0 Å². The Bertz CT molecular complexity index is 1270. The molecule has 0 fully saturated rings. The molecule has 8 nitrogen and oxygen atoms in total. The number of halogens is 1. The molecule has 0 saturated heterocycles. The van der Waals surface area contributed by atoms with Crippen LogP contribution in [0, 0.1) is 5.82 Å². The number of hydrogen-bond donors (Lipinski definition) is 1. The van der Waals surface area contributed by atoms with Gasteiger partial charge in [-0.25, -0.2) is 12.8 Å². The third kappa shape index (κ3) is 5.57. The lowest BCUT2D eigenvalue weighted by atomic mass is 10.3. The van der Waals surface area contributed by atoms with Gasteiger partial charge in [0.2, 0.25) is 5.91 Å². The number of carbonyl (C=O) groups is 1. The van der Waals surface area contributed by atoms with Crippen molar-refractivity contribution in [3.05, 3.63) is 72.5 Å². The predicted octanol–water partition coefficient (Wildman–Crippen LogP) is 4.08. The van der Waals surface area contributed by atoms with Gasteiger partial charge < -0.3 is 19.5 Å². The first-order valence-corrected chi connectivity index (χ1v) is 11.8. The maximum atomic E-state index is 14.7. The zero-order valence-electron chi connectivity index (χ0n) is 18.9. The molecule has 0 saturated carbocycles. The van der Waals surface area contributed by atoms with E-state index in [0.717, 1.165) is 6.07 Å². The van der Waals surface area contributed by atoms with Crippen molar-refractivity contribution in [2.24, 2.45) is 0 Å². The normalized spacial score (nSPS) is 10.9. The van der Waals surface area contributed by atoms with Gasteiger partial charge in [0.25, 0.3) is 10.0 Å². The number of methoxy groups -OCH3 is 2. The third-order valence-electron chi connectivity index (χ3n) is 4.78. The highest BCUT2D eigenvalue weighted by Gasteiger charge is 2.30. The molecule has 0 aliphatic heterocycles. The van der Waals surface area contributed by atoms with E-state index in [2.05, 4.69) is 5.32 Å². The van der Waals surface area contributed by atoms with E-state index in [1.54, 1.807) is 24.3 Å². The average molecular weight is 489 g/mol. The molecular formula is C24H25FN2O6S. The molecule has 0 bridgehead atoms. The fraction of sp³-hybridized carbons (Fsp3) is 0.208. The van der Waals surface area contributed by atoms with Gasteiger partial charge in [-0.3, -0.25) is 9.10 Å². The summed E-state index contributed by atoms with van der Waals surface area (Å²) in [5.41, 5.74) is 0.142.